The van der Waals surface area contributed by atoms with Crippen LogP contribution in [-0.2, 0) is 22.6 Å². The van der Waals surface area contributed by atoms with Gasteiger partial charge in [-0.1, -0.05) is 24.3 Å². The monoisotopic (exact) mass is 386 g/mol. The predicted octanol–water partition coefficient (Wildman–Crippen LogP) is 1.58. The van der Waals surface area contributed by atoms with Crippen molar-refractivity contribution in [3.05, 3.63) is 48.0 Å². The fourth-order valence-corrected chi connectivity index (χ4v) is 3.01. The van der Waals surface area contributed by atoms with Crippen LogP contribution in [0.25, 0.3) is 0 Å². The molecule has 1 atom stereocenters. The molecule has 1 aliphatic rings. The minimum Gasteiger partial charge on any atom is -0.379 e. The van der Waals surface area contributed by atoms with E-state index in [1.165, 1.54) is 11.1 Å². The molecule has 8 nitrogen and oxygen atoms in total. The molecule has 28 heavy (non-hydrogen) atoms. The van der Waals surface area contributed by atoms with E-state index >= 15 is 0 Å². The Labute approximate surface area is 166 Å². The van der Waals surface area contributed by atoms with E-state index in [0.717, 1.165) is 51.7 Å². The number of hydrogen-bond acceptors (Lipinski definition) is 5. The van der Waals surface area contributed by atoms with Crippen molar-refractivity contribution in [3.8, 4) is 0 Å². The molecule has 0 amide bonds. The van der Waals surface area contributed by atoms with Crippen molar-refractivity contribution in [2.24, 2.45) is 4.99 Å². The first-order valence-electron chi connectivity index (χ1n) is 9.95. The van der Waals surface area contributed by atoms with Gasteiger partial charge in [-0.05, 0) is 30.9 Å². The number of rotatable bonds is 10. The molecular weight excluding hydrogens is 356 g/mol. The molecule has 3 rings (SSSR count). The van der Waals surface area contributed by atoms with Crippen molar-refractivity contribution < 1.29 is 9.47 Å². The van der Waals surface area contributed by atoms with Crippen LogP contribution in [0.3, 0.4) is 0 Å². The first-order chi connectivity index (χ1) is 13.8. The minimum absolute atomic E-state index is 0.270. The number of guanidine groups is 1. The lowest BCUT2D eigenvalue weighted by Crippen LogP contribution is -2.38. The molecule has 2 aromatic rings. The summed E-state index contributed by atoms with van der Waals surface area (Å²) in [6.07, 6.45) is 5.49. The van der Waals surface area contributed by atoms with E-state index in [-0.39, 0.29) is 6.10 Å². The molecule has 0 aliphatic carbocycles. The highest BCUT2D eigenvalue weighted by molar-refractivity contribution is 5.79. The summed E-state index contributed by atoms with van der Waals surface area (Å²) >= 11 is 0. The maximum atomic E-state index is 5.79. The van der Waals surface area contributed by atoms with Crippen LogP contribution in [0.15, 0.2) is 41.9 Å². The standard InChI is InChI=1S/C20H30N6O2/c1-2-22-20(23-8-4-9-28-19-7-10-27-14-19)24-12-17-5-3-6-18(11-17)13-26-16-21-15-25-26/h3,5-6,11,15-16,19H,2,4,7-10,12-14H2,1H3,(H2,22,23,24). The van der Waals surface area contributed by atoms with Crippen LogP contribution in [0, 0.1) is 0 Å². The van der Waals surface area contributed by atoms with E-state index < -0.39 is 0 Å². The Kier molecular flexibility index (Phi) is 8.26. The highest BCUT2D eigenvalue weighted by atomic mass is 16.5. The number of nitrogens with one attached hydrogen (secondary N) is 2. The average Bonchev–Trinajstić information content (AvgIpc) is 3.40. The van der Waals surface area contributed by atoms with Crippen molar-refractivity contribution in [2.45, 2.75) is 39.0 Å². The van der Waals surface area contributed by atoms with Gasteiger partial charge < -0.3 is 20.1 Å². The van der Waals surface area contributed by atoms with Crippen molar-refractivity contribution in [3.63, 3.8) is 0 Å². The molecule has 0 radical (unpaired) electrons. The van der Waals surface area contributed by atoms with Crippen LogP contribution in [0.5, 0.6) is 0 Å². The van der Waals surface area contributed by atoms with Crippen LogP contribution in [0.2, 0.25) is 0 Å². The van der Waals surface area contributed by atoms with E-state index in [4.69, 9.17) is 14.5 Å². The topological polar surface area (TPSA) is 85.6 Å². The number of aliphatic imine (C=N–C) groups is 1. The van der Waals surface area contributed by atoms with Gasteiger partial charge in [0.25, 0.3) is 0 Å². The van der Waals surface area contributed by atoms with Gasteiger partial charge >= 0.3 is 0 Å². The second-order valence-corrected chi connectivity index (χ2v) is 6.74. The summed E-state index contributed by atoms with van der Waals surface area (Å²) < 4.78 is 12.9. The Morgan fingerprint density at radius 2 is 2.29 bits per heavy atom. The lowest BCUT2D eigenvalue weighted by atomic mass is 10.1. The SMILES string of the molecule is CCNC(=NCc1cccc(Cn2cncn2)c1)NCCCOC1CCOC1. The van der Waals surface area contributed by atoms with Gasteiger partial charge in [0.15, 0.2) is 5.96 Å². The quantitative estimate of drug-likeness (QED) is 0.366. The van der Waals surface area contributed by atoms with Crippen molar-refractivity contribution in [2.75, 3.05) is 32.9 Å². The number of nitrogens with zero attached hydrogens (tertiary/aromatic N) is 4. The van der Waals surface area contributed by atoms with Crippen molar-refractivity contribution >= 4 is 5.96 Å². The zero-order valence-corrected chi connectivity index (χ0v) is 16.5. The lowest BCUT2D eigenvalue weighted by Gasteiger charge is -2.13. The fraction of sp³-hybridized carbons (Fsp3) is 0.550. The Bertz CT molecular complexity index is 713. The Morgan fingerprint density at radius 1 is 1.36 bits per heavy atom. The van der Waals surface area contributed by atoms with Crippen LogP contribution in [0.4, 0.5) is 0 Å². The number of hydrogen-bond donors (Lipinski definition) is 2. The molecule has 2 heterocycles. The number of benzene rings is 1. The van der Waals surface area contributed by atoms with E-state index in [1.54, 1.807) is 12.7 Å². The minimum atomic E-state index is 0.270. The highest BCUT2D eigenvalue weighted by Crippen LogP contribution is 2.09. The van der Waals surface area contributed by atoms with E-state index in [2.05, 4.69) is 51.9 Å². The summed E-state index contributed by atoms with van der Waals surface area (Å²) in [5.74, 6) is 0.827. The third kappa shape index (κ3) is 6.94. The van der Waals surface area contributed by atoms with Gasteiger partial charge in [0.2, 0.25) is 0 Å². The van der Waals surface area contributed by atoms with Gasteiger partial charge in [0.1, 0.15) is 12.7 Å². The first kappa shape index (κ1) is 20.3. The smallest absolute Gasteiger partial charge is 0.191 e. The molecule has 8 heteroatoms. The predicted molar refractivity (Wildman–Crippen MR) is 108 cm³/mol. The number of ether oxygens (including phenoxy) is 2. The van der Waals surface area contributed by atoms with Crippen LogP contribution in [-0.4, -0.2) is 59.7 Å². The first-order valence-corrected chi connectivity index (χ1v) is 9.95. The molecule has 1 fully saturated rings. The van der Waals surface area contributed by atoms with Crippen LogP contribution < -0.4 is 10.6 Å². The zero-order chi connectivity index (χ0) is 19.4. The second kappa shape index (κ2) is 11.4. The maximum Gasteiger partial charge on any atom is 0.191 e. The lowest BCUT2D eigenvalue weighted by molar-refractivity contribution is 0.0420. The summed E-state index contributed by atoms with van der Waals surface area (Å²) in [7, 11) is 0. The molecule has 0 spiro atoms. The Balaban J connectivity index is 1.43. The van der Waals surface area contributed by atoms with Crippen LogP contribution in [0.1, 0.15) is 30.9 Å². The van der Waals surface area contributed by atoms with Crippen LogP contribution >= 0.6 is 0 Å². The van der Waals surface area contributed by atoms with Crippen molar-refractivity contribution in [1.29, 1.82) is 0 Å². The molecule has 1 aliphatic heterocycles. The summed E-state index contributed by atoms with van der Waals surface area (Å²) in [6, 6.07) is 8.40. The molecule has 1 saturated heterocycles. The second-order valence-electron chi connectivity index (χ2n) is 6.74. The summed E-state index contributed by atoms with van der Waals surface area (Å²) in [5, 5.41) is 10.8. The number of aromatic nitrogens is 3. The third-order valence-corrected chi connectivity index (χ3v) is 4.42. The normalized spacial score (nSPS) is 17.0. The molecule has 0 saturated carbocycles. The average molecular weight is 387 g/mol. The molecular formula is C20H30N6O2. The molecule has 1 unspecified atom stereocenters. The summed E-state index contributed by atoms with van der Waals surface area (Å²) in [6.45, 7) is 7.34. The van der Waals surface area contributed by atoms with Crippen molar-refractivity contribution in [1.82, 2.24) is 25.4 Å². The fourth-order valence-electron chi connectivity index (χ4n) is 3.01. The molecule has 2 N–H and O–H groups in total. The highest BCUT2D eigenvalue weighted by Gasteiger charge is 2.15. The molecule has 1 aromatic carbocycles. The Hall–Kier alpha value is -2.45. The van der Waals surface area contributed by atoms with Gasteiger partial charge in [-0.3, -0.25) is 0 Å². The largest absolute Gasteiger partial charge is 0.379 e. The van der Waals surface area contributed by atoms with E-state index in [1.807, 2.05) is 4.68 Å². The summed E-state index contributed by atoms with van der Waals surface area (Å²) in [4.78, 5) is 8.68. The molecule has 152 valence electrons. The Morgan fingerprint density at radius 3 is 3.07 bits per heavy atom. The molecule has 1 aromatic heterocycles. The summed E-state index contributed by atoms with van der Waals surface area (Å²) in [5.41, 5.74) is 2.35. The maximum absolute atomic E-state index is 5.79. The molecule has 0 bridgehead atoms. The van der Waals surface area contributed by atoms with Gasteiger partial charge in [-0.25, -0.2) is 14.7 Å². The van der Waals surface area contributed by atoms with Gasteiger partial charge in [-0.15, -0.1) is 0 Å². The zero-order valence-electron chi connectivity index (χ0n) is 16.5. The van der Waals surface area contributed by atoms with E-state index in [0.29, 0.717) is 13.1 Å². The van der Waals surface area contributed by atoms with Gasteiger partial charge in [-0.2, -0.15) is 5.10 Å². The van der Waals surface area contributed by atoms with Gasteiger partial charge in [0, 0.05) is 26.3 Å². The third-order valence-electron chi connectivity index (χ3n) is 4.42. The van der Waals surface area contributed by atoms with Gasteiger partial charge in [0.05, 0.1) is 25.8 Å². The van der Waals surface area contributed by atoms with E-state index in [9.17, 15) is 0 Å².